The minimum absolute atomic E-state index is 0.0168. The third kappa shape index (κ3) is 7.30. The van der Waals surface area contributed by atoms with Crippen molar-refractivity contribution in [1.82, 2.24) is 9.62 Å². The fourth-order valence-electron chi connectivity index (χ4n) is 1.39. The molecule has 0 heterocycles. The van der Waals surface area contributed by atoms with Crippen LogP contribution >= 0.6 is 0 Å². The zero-order valence-corrected chi connectivity index (χ0v) is 11.4. The van der Waals surface area contributed by atoms with Crippen LogP contribution in [-0.2, 0) is 14.8 Å². The predicted molar refractivity (Wildman–Crippen MR) is 68.0 cm³/mol. The molecule has 17 heavy (non-hydrogen) atoms. The summed E-state index contributed by atoms with van der Waals surface area (Å²) in [6.07, 6.45) is 0.628. The molecule has 0 radical (unpaired) electrons. The molecule has 0 aromatic carbocycles. The van der Waals surface area contributed by atoms with E-state index in [1.165, 1.54) is 0 Å². The van der Waals surface area contributed by atoms with E-state index in [-0.39, 0.29) is 24.6 Å². The number of nitrogens with one attached hydrogen (secondary N) is 1. The number of hydrogen-bond donors (Lipinski definition) is 2. The Morgan fingerprint density at radius 3 is 2.35 bits per heavy atom. The molecule has 0 aliphatic carbocycles. The number of sulfonamides is 1. The van der Waals surface area contributed by atoms with Gasteiger partial charge in [0.25, 0.3) is 0 Å². The largest absolute Gasteiger partial charge is 0.343 e. The Morgan fingerprint density at radius 2 is 1.88 bits per heavy atom. The average Bonchev–Trinajstić information content (AvgIpc) is 2.28. The van der Waals surface area contributed by atoms with E-state index in [0.29, 0.717) is 26.1 Å². The lowest BCUT2D eigenvalue weighted by molar-refractivity contribution is -0.130. The Kier molecular flexibility index (Phi) is 8.11. The van der Waals surface area contributed by atoms with Gasteiger partial charge in [-0.15, -0.1) is 0 Å². The van der Waals surface area contributed by atoms with Crippen LogP contribution in [0, 0.1) is 0 Å². The summed E-state index contributed by atoms with van der Waals surface area (Å²) in [6, 6.07) is 0. The maximum absolute atomic E-state index is 11.6. The molecule has 0 rings (SSSR count). The van der Waals surface area contributed by atoms with E-state index in [9.17, 15) is 13.2 Å². The first-order valence-corrected chi connectivity index (χ1v) is 7.57. The van der Waals surface area contributed by atoms with Gasteiger partial charge >= 0.3 is 0 Å². The van der Waals surface area contributed by atoms with Crippen molar-refractivity contribution in [3.63, 3.8) is 0 Å². The van der Waals surface area contributed by atoms with Gasteiger partial charge in [0, 0.05) is 26.1 Å². The molecule has 0 saturated heterocycles. The quantitative estimate of drug-likeness (QED) is 0.588. The highest BCUT2D eigenvalue weighted by Crippen LogP contribution is 1.94. The summed E-state index contributed by atoms with van der Waals surface area (Å²) in [7, 11) is -3.28. The standard InChI is InChI=1S/C10H23N3O3S/c1-3-13(4-2)10(14)6-8-12-17(15,16)9-5-7-11/h12H,3-9,11H2,1-2H3. The maximum atomic E-state index is 11.6. The van der Waals surface area contributed by atoms with Gasteiger partial charge in [-0.1, -0.05) is 0 Å². The second-order valence-corrected chi connectivity index (χ2v) is 5.60. The number of nitrogens with zero attached hydrogens (tertiary/aromatic N) is 1. The average molecular weight is 265 g/mol. The van der Waals surface area contributed by atoms with Crippen LogP contribution < -0.4 is 10.5 Å². The van der Waals surface area contributed by atoms with E-state index in [1.807, 2.05) is 13.8 Å². The lowest BCUT2D eigenvalue weighted by Gasteiger charge is -2.18. The molecular formula is C10H23N3O3S. The van der Waals surface area contributed by atoms with Gasteiger partial charge in [-0.3, -0.25) is 4.79 Å². The molecule has 0 spiro atoms. The van der Waals surface area contributed by atoms with E-state index in [4.69, 9.17) is 5.73 Å². The van der Waals surface area contributed by atoms with Crippen LogP contribution in [0.4, 0.5) is 0 Å². The predicted octanol–water partition coefficient (Wildman–Crippen LogP) is -0.487. The fraction of sp³-hybridized carbons (Fsp3) is 0.900. The fourth-order valence-corrected chi connectivity index (χ4v) is 2.50. The molecule has 0 aliphatic heterocycles. The van der Waals surface area contributed by atoms with Crippen molar-refractivity contribution in [3.05, 3.63) is 0 Å². The molecule has 0 saturated carbocycles. The van der Waals surface area contributed by atoms with Crippen molar-refractivity contribution < 1.29 is 13.2 Å². The van der Waals surface area contributed by atoms with Crippen molar-refractivity contribution >= 4 is 15.9 Å². The second-order valence-electron chi connectivity index (χ2n) is 3.67. The molecule has 0 fully saturated rings. The van der Waals surface area contributed by atoms with E-state index in [1.54, 1.807) is 4.90 Å². The van der Waals surface area contributed by atoms with E-state index < -0.39 is 10.0 Å². The summed E-state index contributed by atoms with van der Waals surface area (Å²) < 4.78 is 25.2. The molecule has 0 atom stereocenters. The Morgan fingerprint density at radius 1 is 1.29 bits per heavy atom. The van der Waals surface area contributed by atoms with Gasteiger partial charge < -0.3 is 10.6 Å². The summed E-state index contributed by atoms with van der Waals surface area (Å²) in [6.45, 7) is 5.59. The third-order valence-electron chi connectivity index (χ3n) is 2.39. The zero-order chi connectivity index (χ0) is 13.3. The first kappa shape index (κ1) is 16.3. The minimum atomic E-state index is -3.28. The molecular weight excluding hydrogens is 242 g/mol. The lowest BCUT2D eigenvalue weighted by atomic mass is 10.3. The van der Waals surface area contributed by atoms with Crippen LogP contribution in [0.25, 0.3) is 0 Å². The van der Waals surface area contributed by atoms with Crippen LogP contribution in [0.1, 0.15) is 26.7 Å². The summed E-state index contributed by atoms with van der Waals surface area (Å²) in [4.78, 5) is 13.3. The van der Waals surface area contributed by atoms with Crippen LogP contribution in [0.3, 0.4) is 0 Å². The van der Waals surface area contributed by atoms with E-state index in [0.717, 1.165) is 0 Å². The smallest absolute Gasteiger partial charge is 0.223 e. The second kappa shape index (κ2) is 8.43. The van der Waals surface area contributed by atoms with E-state index >= 15 is 0 Å². The first-order valence-electron chi connectivity index (χ1n) is 5.92. The Labute approximate surface area is 104 Å². The van der Waals surface area contributed by atoms with Gasteiger partial charge in [0.15, 0.2) is 0 Å². The number of amides is 1. The SMILES string of the molecule is CCN(CC)C(=O)CCNS(=O)(=O)CCCN. The molecule has 0 unspecified atom stereocenters. The van der Waals surface area contributed by atoms with Crippen LogP contribution in [0.15, 0.2) is 0 Å². The Balaban J connectivity index is 3.94. The highest BCUT2D eigenvalue weighted by molar-refractivity contribution is 7.89. The van der Waals surface area contributed by atoms with Crippen LogP contribution in [-0.4, -0.2) is 51.2 Å². The highest BCUT2D eigenvalue weighted by atomic mass is 32.2. The number of rotatable bonds is 9. The normalized spacial score (nSPS) is 11.5. The maximum Gasteiger partial charge on any atom is 0.223 e. The van der Waals surface area contributed by atoms with Crippen molar-refractivity contribution in [2.75, 3.05) is 31.9 Å². The number of hydrogen-bond acceptors (Lipinski definition) is 4. The number of carbonyl (C=O) groups is 1. The Hall–Kier alpha value is -0.660. The van der Waals surface area contributed by atoms with Gasteiger partial charge in [-0.2, -0.15) is 0 Å². The molecule has 0 bridgehead atoms. The van der Waals surface area contributed by atoms with Gasteiger partial charge in [0.05, 0.1) is 5.75 Å². The summed E-state index contributed by atoms with van der Waals surface area (Å²) in [5, 5.41) is 0. The Bertz CT molecular complexity index is 313. The van der Waals surface area contributed by atoms with Gasteiger partial charge in [0.1, 0.15) is 0 Å². The molecule has 0 aromatic heterocycles. The molecule has 1 amide bonds. The van der Waals surface area contributed by atoms with Gasteiger partial charge in [-0.25, -0.2) is 13.1 Å². The highest BCUT2D eigenvalue weighted by Gasteiger charge is 2.12. The van der Waals surface area contributed by atoms with Crippen LogP contribution in [0.5, 0.6) is 0 Å². The van der Waals surface area contributed by atoms with Crippen LogP contribution in [0.2, 0.25) is 0 Å². The van der Waals surface area contributed by atoms with Crippen molar-refractivity contribution in [3.8, 4) is 0 Å². The molecule has 0 aromatic rings. The lowest BCUT2D eigenvalue weighted by Crippen LogP contribution is -2.35. The molecule has 3 N–H and O–H groups in total. The molecule has 6 nitrogen and oxygen atoms in total. The monoisotopic (exact) mass is 265 g/mol. The molecule has 7 heteroatoms. The molecule has 0 aliphatic rings. The first-order chi connectivity index (χ1) is 7.96. The molecule has 102 valence electrons. The summed E-state index contributed by atoms with van der Waals surface area (Å²) >= 11 is 0. The van der Waals surface area contributed by atoms with Crippen molar-refractivity contribution in [2.24, 2.45) is 5.73 Å². The van der Waals surface area contributed by atoms with E-state index in [2.05, 4.69) is 4.72 Å². The van der Waals surface area contributed by atoms with Crippen molar-refractivity contribution in [1.29, 1.82) is 0 Å². The van der Waals surface area contributed by atoms with Gasteiger partial charge in [0.2, 0.25) is 15.9 Å². The number of carbonyl (C=O) groups excluding carboxylic acids is 1. The third-order valence-corrected chi connectivity index (χ3v) is 3.86. The van der Waals surface area contributed by atoms with Gasteiger partial charge in [-0.05, 0) is 26.8 Å². The zero-order valence-electron chi connectivity index (χ0n) is 10.6. The number of nitrogens with two attached hydrogens (primary N) is 1. The summed E-state index contributed by atoms with van der Waals surface area (Å²) in [5.41, 5.74) is 5.24. The minimum Gasteiger partial charge on any atom is -0.343 e. The summed E-state index contributed by atoms with van der Waals surface area (Å²) in [5.74, 6) is -0.0142. The topological polar surface area (TPSA) is 92.5 Å². The van der Waals surface area contributed by atoms with Crippen molar-refractivity contribution in [2.45, 2.75) is 26.7 Å².